The lowest BCUT2D eigenvalue weighted by Crippen LogP contribution is -2.21. The topological polar surface area (TPSA) is 64.2 Å². The number of ether oxygens (including phenoxy) is 2. The van der Waals surface area contributed by atoms with Gasteiger partial charge < -0.3 is 14.5 Å². The van der Waals surface area contributed by atoms with E-state index in [1.54, 1.807) is 0 Å². The minimum absolute atomic E-state index is 0.00964. The molecular formula is C16H16N2O3. The molecule has 0 saturated heterocycles. The average Bonchev–Trinajstić information content (AvgIpc) is 2.54. The van der Waals surface area contributed by atoms with E-state index in [0.29, 0.717) is 24.8 Å². The zero-order valence-corrected chi connectivity index (χ0v) is 11.6. The number of nitrogens with zero attached hydrogens (tertiary/aromatic N) is 1. The van der Waals surface area contributed by atoms with Crippen molar-refractivity contribution < 1.29 is 9.47 Å². The molecule has 1 aromatic carbocycles. The number of aromatic nitrogens is 2. The van der Waals surface area contributed by atoms with Gasteiger partial charge in [-0.15, -0.1) is 0 Å². The van der Waals surface area contributed by atoms with E-state index < -0.39 is 0 Å². The molecule has 1 aliphatic heterocycles. The van der Waals surface area contributed by atoms with Crippen LogP contribution in [0.4, 0.5) is 0 Å². The van der Waals surface area contributed by atoms with Crippen LogP contribution in [0.2, 0.25) is 0 Å². The molecule has 2 heterocycles. The fourth-order valence-corrected chi connectivity index (χ4v) is 2.93. The number of aryl methyl sites for hydroxylation is 1. The minimum atomic E-state index is -0.00964. The third-order valence-corrected chi connectivity index (χ3v) is 4.01. The van der Waals surface area contributed by atoms with Gasteiger partial charge in [0.25, 0.3) is 5.56 Å². The van der Waals surface area contributed by atoms with E-state index in [-0.39, 0.29) is 5.56 Å². The number of hydrogen-bond acceptors (Lipinski definition) is 4. The van der Waals surface area contributed by atoms with Gasteiger partial charge in [-0.1, -0.05) is 0 Å². The first-order valence-corrected chi connectivity index (χ1v) is 7.33. The summed E-state index contributed by atoms with van der Waals surface area (Å²) in [6.45, 7) is 1.12. The Morgan fingerprint density at radius 3 is 2.76 bits per heavy atom. The van der Waals surface area contributed by atoms with Crippen LogP contribution in [-0.4, -0.2) is 23.2 Å². The maximum atomic E-state index is 12.2. The van der Waals surface area contributed by atoms with Gasteiger partial charge in [0, 0.05) is 11.1 Å². The number of fused-ring (bicyclic) bond motifs is 2. The van der Waals surface area contributed by atoms with Gasteiger partial charge in [0.15, 0.2) is 11.5 Å². The molecule has 108 valence electrons. The van der Waals surface area contributed by atoms with Crippen LogP contribution in [0.1, 0.15) is 24.1 Å². The van der Waals surface area contributed by atoms with Gasteiger partial charge in [-0.05, 0) is 43.9 Å². The van der Waals surface area contributed by atoms with Crippen molar-refractivity contribution in [1.82, 2.24) is 9.97 Å². The molecular weight excluding hydrogens is 268 g/mol. The van der Waals surface area contributed by atoms with E-state index in [1.165, 1.54) is 0 Å². The molecule has 0 radical (unpaired) electrons. The number of rotatable bonds is 1. The van der Waals surface area contributed by atoms with Crippen LogP contribution in [0.15, 0.2) is 23.0 Å². The Bertz CT molecular complexity index is 752. The van der Waals surface area contributed by atoms with Crippen molar-refractivity contribution in [1.29, 1.82) is 0 Å². The Balaban J connectivity index is 1.80. The van der Waals surface area contributed by atoms with E-state index in [4.69, 9.17) is 9.47 Å². The van der Waals surface area contributed by atoms with Gasteiger partial charge in [-0.3, -0.25) is 4.79 Å². The van der Waals surface area contributed by atoms with E-state index >= 15 is 0 Å². The third-order valence-electron chi connectivity index (χ3n) is 4.01. The molecule has 5 heteroatoms. The predicted octanol–water partition coefficient (Wildman–Crippen LogP) is 2.09. The van der Waals surface area contributed by atoms with E-state index in [9.17, 15) is 4.79 Å². The van der Waals surface area contributed by atoms with Gasteiger partial charge in [0.1, 0.15) is 19.0 Å². The highest BCUT2D eigenvalue weighted by Crippen LogP contribution is 2.33. The van der Waals surface area contributed by atoms with Crippen LogP contribution in [0.5, 0.6) is 11.5 Å². The van der Waals surface area contributed by atoms with Gasteiger partial charge >= 0.3 is 0 Å². The lowest BCUT2D eigenvalue weighted by atomic mass is 9.97. The standard InChI is InChI=1S/C16H16N2O3/c19-16-11-3-1-2-4-12(11)17-15(18-16)10-5-6-13-14(9-10)21-8-7-20-13/h5-6,9H,1-4,7-8H2,(H,17,18,19). The lowest BCUT2D eigenvalue weighted by molar-refractivity contribution is 0.171. The predicted molar refractivity (Wildman–Crippen MR) is 77.9 cm³/mol. The second kappa shape index (κ2) is 4.91. The number of hydrogen-bond donors (Lipinski definition) is 1. The summed E-state index contributed by atoms with van der Waals surface area (Å²) < 4.78 is 11.1. The minimum Gasteiger partial charge on any atom is -0.486 e. The number of H-pyrrole nitrogens is 1. The zero-order chi connectivity index (χ0) is 14.2. The Labute approximate surface area is 121 Å². The quantitative estimate of drug-likeness (QED) is 0.871. The van der Waals surface area contributed by atoms with E-state index in [2.05, 4.69) is 9.97 Å². The lowest BCUT2D eigenvalue weighted by Gasteiger charge is -2.19. The molecule has 0 amide bonds. The molecule has 2 aromatic rings. The van der Waals surface area contributed by atoms with Crippen LogP contribution in [0, 0.1) is 0 Å². The van der Waals surface area contributed by atoms with Gasteiger partial charge in [0.05, 0.1) is 5.69 Å². The molecule has 1 N–H and O–H groups in total. The number of aromatic amines is 1. The molecule has 5 nitrogen and oxygen atoms in total. The van der Waals surface area contributed by atoms with Gasteiger partial charge in [-0.2, -0.15) is 0 Å². The Morgan fingerprint density at radius 1 is 1.05 bits per heavy atom. The summed E-state index contributed by atoms with van der Waals surface area (Å²) in [5.74, 6) is 2.06. The first-order chi connectivity index (χ1) is 10.3. The van der Waals surface area contributed by atoms with Crippen molar-refractivity contribution in [3.8, 4) is 22.9 Å². The summed E-state index contributed by atoms with van der Waals surface area (Å²) in [6, 6.07) is 5.65. The summed E-state index contributed by atoms with van der Waals surface area (Å²) in [4.78, 5) is 19.7. The molecule has 0 unspecified atom stereocenters. The van der Waals surface area contributed by atoms with Gasteiger partial charge in [0.2, 0.25) is 0 Å². The second-order valence-electron chi connectivity index (χ2n) is 5.41. The summed E-state index contributed by atoms with van der Waals surface area (Å²) in [7, 11) is 0. The Morgan fingerprint density at radius 2 is 1.86 bits per heavy atom. The van der Waals surface area contributed by atoms with Crippen LogP contribution in [0.3, 0.4) is 0 Å². The van der Waals surface area contributed by atoms with Crippen LogP contribution < -0.4 is 15.0 Å². The Kier molecular flexibility index (Phi) is 2.91. The number of benzene rings is 1. The first kappa shape index (κ1) is 12.4. The van der Waals surface area contributed by atoms with E-state index in [0.717, 1.165) is 48.3 Å². The smallest absolute Gasteiger partial charge is 0.254 e. The molecule has 1 aromatic heterocycles. The van der Waals surface area contributed by atoms with Crippen molar-refractivity contribution in [2.75, 3.05) is 13.2 Å². The highest BCUT2D eigenvalue weighted by Gasteiger charge is 2.18. The van der Waals surface area contributed by atoms with Crippen molar-refractivity contribution in [3.05, 3.63) is 39.8 Å². The number of nitrogens with one attached hydrogen (secondary N) is 1. The summed E-state index contributed by atoms with van der Waals surface area (Å²) >= 11 is 0. The average molecular weight is 284 g/mol. The van der Waals surface area contributed by atoms with Crippen LogP contribution in [0.25, 0.3) is 11.4 Å². The van der Waals surface area contributed by atoms with E-state index in [1.807, 2.05) is 18.2 Å². The van der Waals surface area contributed by atoms with Crippen molar-refractivity contribution in [3.63, 3.8) is 0 Å². The molecule has 0 spiro atoms. The van der Waals surface area contributed by atoms with Crippen LogP contribution >= 0.6 is 0 Å². The second-order valence-corrected chi connectivity index (χ2v) is 5.41. The zero-order valence-electron chi connectivity index (χ0n) is 11.6. The highest BCUT2D eigenvalue weighted by molar-refractivity contribution is 5.61. The van der Waals surface area contributed by atoms with Crippen molar-refractivity contribution in [2.24, 2.45) is 0 Å². The fourth-order valence-electron chi connectivity index (χ4n) is 2.93. The van der Waals surface area contributed by atoms with Crippen molar-refractivity contribution >= 4 is 0 Å². The molecule has 0 saturated carbocycles. The van der Waals surface area contributed by atoms with Gasteiger partial charge in [-0.25, -0.2) is 4.98 Å². The first-order valence-electron chi connectivity index (χ1n) is 7.33. The monoisotopic (exact) mass is 284 g/mol. The summed E-state index contributed by atoms with van der Waals surface area (Å²) in [5, 5.41) is 0. The third kappa shape index (κ3) is 2.18. The van der Waals surface area contributed by atoms with Crippen LogP contribution in [-0.2, 0) is 12.8 Å². The maximum Gasteiger partial charge on any atom is 0.254 e. The Hall–Kier alpha value is -2.30. The molecule has 0 atom stereocenters. The van der Waals surface area contributed by atoms with Crippen molar-refractivity contribution in [2.45, 2.75) is 25.7 Å². The normalized spacial score (nSPS) is 16.4. The highest BCUT2D eigenvalue weighted by atomic mass is 16.6. The largest absolute Gasteiger partial charge is 0.486 e. The molecule has 4 rings (SSSR count). The maximum absolute atomic E-state index is 12.2. The summed E-state index contributed by atoms with van der Waals surface area (Å²) in [6.07, 6.45) is 3.89. The molecule has 0 bridgehead atoms. The fraction of sp³-hybridized carbons (Fsp3) is 0.375. The molecule has 1 aliphatic carbocycles. The SMILES string of the molecule is O=c1[nH]c(-c2ccc3c(c2)OCCO3)nc2c1CCCC2. The molecule has 21 heavy (non-hydrogen) atoms. The molecule has 2 aliphatic rings. The summed E-state index contributed by atoms with van der Waals surface area (Å²) in [5.41, 5.74) is 2.63. The molecule has 0 fully saturated rings.